The van der Waals surface area contributed by atoms with Crippen molar-refractivity contribution in [2.24, 2.45) is 0 Å². The van der Waals surface area contributed by atoms with Crippen molar-refractivity contribution in [2.75, 3.05) is 7.05 Å². The third-order valence-corrected chi connectivity index (χ3v) is 4.63. The van der Waals surface area contributed by atoms with Crippen LogP contribution in [0.2, 0.25) is 0 Å². The van der Waals surface area contributed by atoms with Gasteiger partial charge in [0.25, 0.3) is 0 Å². The van der Waals surface area contributed by atoms with E-state index in [1.54, 1.807) is 0 Å². The van der Waals surface area contributed by atoms with E-state index in [0.29, 0.717) is 0 Å². The molecule has 2 rings (SSSR count). The maximum absolute atomic E-state index is 12.2. The van der Waals surface area contributed by atoms with Crippen molar-refractivity contribution in [3.05, 3.63) is 17.6 Å². The van der Waals surface area contributed by atoms with Gasteiger partial charge in [0.15, 0.2) is 0 Å². The van der Waals surface area contributed by atoms with E-state index in [0.717, 1.165) is 11.0 Å². The predicted molar refractivity (Wildman–Crippen MR) is 66.9 cm³/mol. The lowest BCUT2D eigenvalue weighted by Crippen LogP contribution is -2.40. The standard InChI is InChI=1S/C11H12N2O7S/c1-5-8(4-7(20-5)11(16)17)21(18,19)12-6-3-9(14)13(2)10(6)15/h4,6,12H,3H2,1-2H3,(H,16,17). The summed E-state index contributed by atoms with van der Waals surface area (Å²) in [5, 5.41) is 8.77. The number of nitrogens with zero attached hydrogens (tertiary/aromatic N) is 1. The van der Waals surface area contributed by atoms with E-state index in [2.05, 4.69) is 4.72 Å². The molecule has 1 fully saturated rings. The Labute approximate surface area is 119 Å². The number of likely N-dealkylation sites (N-methyl/N-ethyl adjacent to an activating group) is 1. The molecule has 0 radical (unpaired) electrons. The van der Waals surface area contributed by atoms with Crippen molar-refractivity contribution in [2.45, 2.75) is 24.3 Å². The molecule has 0 aliphatic carbocycles. The van der Waals surface area contributed by atoms with Crippen LogP contribution in [0, 0.1) is 6.92 Å². The molecule has 1 aliphatic heterocycles. The molecule has 1 atom stereocenters. The summed E-state index contributed by atoms with van der Waals surface area (Å²) in [5.41, 5.74) is 0. The lowest BCUT2D eigenvalue weighted by Gasteiger charge is -2.10. The number of carbonyl (C=O) groups is 3. The third-order valence-electron chi connectivity index (χ3n) is 3.05. The summed E-state index contributed by atoms with van der Waals surface area (Å²) in [7, 11) is -2.92. The highest BCUT2D eigenvalue weighted by atomic mass is 32.2. The number of aromatic carboxylic acids is 1. The Balaban J connectivity index is 2.29. The molecule has 1 aromatic rings. The molecule has 1 unspecified atom stereocenters. The number of carboxylic acid groups (broad SMARTS) is 1. The Morgan fingerprint density at radius 2 is 2.10 bits per heavy atom. The number of furan rings is 1. The number of carboxylic acids is 1. The van der Waals surface area contributed by atoms with Gasteiger partial charge >= 0.3 is 5.97 Å². The summed E-state index contributed by atoms with van der Waals surface area (Å²) in [6, 6.07) is -0.347. The first-order valence-electron chi connectivity index (χ1n) is 5.80. The minimum atomic E-state index is -4.17. The summed E-state index contributed by atoms with van der Waals surface area (Å²) in [6.07, 6.45) is -0.281. The second kappa shape index (κ2) is 4.97. The van der Waals surface area contributed by atoms with Crippen molar-refractivity contribution in [1.29, 1.82) is 0 Å². The van der Waals surface area contributed by atoms with Crippen LogP contribution in [0.1, 0.15) is 22.7 Å². The number of sulfonamides is 1. The molecule has 0 saturated carbocycles. The largest absolute Gasteiger partial charge is 0.475 e. The highest BCUT2D eigenvalue weighted by Gasteiger charge is 2.39. The van der Waals surface area contributed by atoms with Crippen molar-refractivity contribution < 1.29 is 32.3 Å². The van der Waals surface area contributed by atoms with E-state index in [1.165, 1.54) is 14.0 Å². The van der Waals surface area contributed by atoms with Gasteiger partial charge in [0.2, 0.25) is 27.6 Å². The number of nitrogens with one attached hydrogen (secondary N) is 1. The molecule has 2 amide bonds. The summed E-state index contributed by atoms with van der Waals surface area (Å²) in [4.78, 5) is 34.2. The fraction of sp³-hybridized carbons (Fsp3) is 0.364. The highest BCUT2D eigenvalue weighted by Crippen LogP contribution is 2.21. The van der Waals surface area contributed by atoms with E-state index in [4.69, 9.17) is 9.52 Å². The lowest BCUT2D eigenvalue weighted by molar-refractivity contribution is -0.137. The number of amides is 2. The number of rotatable bonds is 4. The average Bonchev–Trinajstić information content (AvgIpc) is 2.87. The van der Waals surface area contributed by atoms with Gasteiger partial charge < -0.3 is 9.52 Å². The number of carbonyl (C=O) groups excluding carboxylic acids is 2. The Bertz CT molecular complexity index is 734. The normalized spacial score (nSPS) is 19.3. The quantitative estimate of drug-likeness (QED) is 0.703. The lowest BCUT2D eigenvalue weighted by atomic mass is 10.3. The molecule has 1 aromatic heterocycles. The van der Waals surface area contributed by atoms with Gasteiger partial charge in [-0.1, -0.05) is 0 Å². The van der Waals surface area contributed by atoms with Gasteiger partial charge in [0, 0.05) is 13.1 Å². The van der Waals surface area contributed by atoms with Crippen LogP contribution in [-0.4, -0.2) is 49.3 Å². The molecule has 21 heavy (non-hydrogen) atoms. The van der Waals surface area contributed by atoms with E-state index < -0.39 is 39.6 Å². The van der Waals surface area contributed by atoms with Gasteiger partial charge in [-0.25, -0.2) is 13.2 Å². The van der Waals surface area contributed by atoms with Gasteiger partial charge in [-0.3, -0.25) is 14.5 Å². The molecule has 2 heterocycles. The molecule has 2 N–H and O–H groups in total. The van der Waals surface area contributed by atoms with Crippen LogP contribution in [0.3, 0.4) is 0 Å². The van der Waals surface area contributed by atoms with Crippen molar-refractivity contribution in [1.82, 2.24) is 9.62 Å². The molecule has 1 aliphatic rings. The first kappa shape index (κ1) is 15.2. The van der Waals surface area contributed by atoms with Gasteiger partial charge in [-0.15, -0.1) is 0 Å². The molecule has 0 spiro atoms. The van der Waals surface area contributed by atoms with Gasteiger partial charge in [-0.2, -0.15) is 4.72 Å². The molecular weight excluding hydrogens is 304 g/mol. The second-order valence-electron chi connectivity index (χ2n) is 4.51. The maximum atomic E-state index is 12.2. The highest BCUT2D eigenvalue weighted by molar-refractivity contribution is 7.89. The molecule has 0 aromatic carbocycles. The second-order valence-corrected chi connectivity index (χ2v) is 6.19. The monoisotopic (exact) mass is 316 g/mol. The number of imide groups is 1. The summed E-state index contributed by atoms with van der Waals surface area (Å²) in [5.74, 6) is -3.22. The van der Waals surface area contributed by atoms with Gasteiger partial charge in [-0.05, 0) is 6.92 Å². The Morgan fingerprint density at radius 1 is 1.48 bits per heavy atom. The van der Waals surface area contributed by atoms with Gasteiger partial charge in [0.05, 0.1) is 6.42 Å². The van der Waals surface area contributed by atoms with E-state index >= 15 is 0 Å². The molecule has 0 bridgehead atoms. The molecule has 114 valence electrons. The smallest absolute Gasteiger partial charge is 0.371 e. The Morgan fingerprint density at radius 3 is 2.52 bits per heavy atom. The fourth-order valence-electron chi connectivity index (χ4n) is 1.94. The predicted octanol–water partition coefficient (Wildman–Crippen LogP) is -0.678. The fourth-order valence-corrected chi connectivity index (χ4v) is 3.30. The topological polar surface area (TPSA) is 134 Å². The van der Waals surface area contributed by atoms with E-state index in [1.807, 2.05) is 0 Å². The number of hydrogen-bond donors (Lipinski definition) is 2. The van der Waals surface area contributed by atoms with Crippen molar-refractivity contribution in [3.63, 3.8) is 0 Å². The van der Waals surface area contributed by atoms with Crippen LogP contribution >= 0.6 is 0 Å². The number of aryl methyl sites for hydroxylation is 1. The summed E-state index contributed by atoms with van der Waals surface area (Å²) >= 11 is 0. The Kier molecular flexibility index (Phi) is 3.59. The molecule has 10 heteroatoms. The minimum absolute atomic E-state index is 0.120. The zero-order valence-electron chi connectivity index (χ0n) is 11.1. The molecular formula is C11H12N2O7S. The van der Waals surface area contributed by atoms with Crippen molar-refractivity contribution in [3.8, 4) is 0 Å². The molecule has 9 nitrogen and oxygen atoms in total. The third kappa shape index (κ3) is 2.67. The van der Waals surface area contributed by atoms with Crippen LogP contribution in [0.15, 0.2) is 15.4 Å². The zero-order valence-corrected chi connectivity index (χ0v) is 11.9. The van der Waals surface area contributed by atoms with Crippen LogP contribution in [0.4, 0.5) is 0 Å². The maximum Gasteiger partial charge on any atom is 0.371 e. The zero-order chi connectivity index (χ0) is 15.9. The van der Waals surface area contributed by atoms with E-state index in [-0.39, 0.29) is 17.1 Å². The first-order chi connectivity index (χ1) is 9.63. The van der Waals surface area contributed by atoms with Gasteiger partial charge in [0.1, 0.15) is 16.7 Å². The van der Waals surface area contributed by atoms with E-state index in [9.17, 15) is 22.8 Å². The van der Waals surface area contributed by atoms with Crippen LogP contribution in [0.25, 0.3) is 0 Å². The van der Waals surface area contributed by atoms with Crippen LogP contribution < -0.4 is 4.72 Å². The molecule has 1 saturated heterocycles. The Hall–Kier alpha value is -2.20. The minimum Gasteiger partial charge on any atom is -0.475 e. The SMILES string of the molecule is Cc1oc(C(=O)O)cc1S(=O)(=O)NC1CC(=O)N(C)C1=O. The first-order valence-corrected chi connectivity index (χ1v) is 7.28. The van der Waals surface area contributed by atoms with Crippen molar-refractivity contribution >= 4 is 27.8 Å². The van der Waals surface area contributed by atoms with Crippen LogP contribution in [0.5, 0.6) is 0 Å². The number of hydrogen-bond acceptors (Lipinski definition) is 6. The van der Waals surface area contributed by atoms with Crippen LogP contribution in [-0.2, 0) is 19.6 Å². The summed E-state index contributed by atoms with van der Waals surface area (Å²) in [6.45, 7) is 1.29. The average molecular weight is 316 g/mol. The summed E-state index contributed by atoms with van der Waals surface area (Å²) < 4.78 is 31.2. The number of likely N-dealkylation sites (tertiary alicyclic amines) is 1.